The molecule has 0 amide bonds. The zero-order valence-electron chi connectivity index (χ0n) is 10.7. The quantitative estimate of drug-likeness (QED) is 0.846. The zero-order chi connectivity index (χ0) is 13.3. The van der Waals surface area contributed by atoms with E-state index in [0.717, 1.165) is 0 Å². The first-order valence-electron chi connectivity index (χ1n) is 5.93. The highest BCUT2D eigenvalue weighted by atomic mass is 19.1. The van der Waals surface area contributed by atoms with E-state index < -0.39 is 11.4 Å². The summed E-state index contributed by atoms with van der Waals surface area (Å²) in [4.78, 5) is 12.3. The molecule has 0 unspecified atom stereocenters. The van der Waals surface area contributed by atoms with Gasteiger partial charge in [-0.15, -0.1) is 0 Å². The standard InChI is InChI=1S/C14H16FNO2/c1-4-16-14(2,3)13(17)11-8-9-6-5-7-10(15)12(9)18-11/h5-8,16H,4H2,1-3H3. The first kappa shape index (κ1) is 12.8. The van der Waals surface area contributed by atoms with Crippen molar-refractivity contribution in [2.75, 3.05) is 6.54 Å². The molecule has 0 aliphatic carbocycles. The fraction of sp³-hybridized carbons (Fsp3) is 0.357. The number of nitrogens with one attached hydrogen (secondary N) is 1. The average Bonchev–Trinajstić information content (AvgIpc) is 2.73. The zero-order valence-corrected chi connectivity index (χ0v) is 10.7. The van der Waals surface area contributed by atoms with E-state index in [9.17, 15) is 9.18 Å². The second-order valence-electron chi connectivity index (χ2n) is 4.75. The molecule has 0 fully saturated rings. The molecule has 4 heteroatoms. The molecule has 1 aromatic carbocycles. The van der Waals surface area contributed by atoms with Crippen molar-refractivity contribution in [1.29, 1.82) is 0 Å². The van der Waals surface area contributed by atoms with Crippen LogP contribution in [0.4, 0.5) is 4.39 Å². The summed E-state index contributed by atoms with van der Waals surface area (Å²) in [6.07, 6.45) is 0. The van der Waals surface area contributed by atoms with Gasteiger partial charge in [0, 0.05) is 5.39 Å². The van der Waals surface area contributed by atoms with Crippen LogP contribution in [0.2, 0.25) is 0 Å². The molecule has 1 heterocycles. The smallest absolute Gasteiger partial charge is 0.217 e. The van der Waals surface area contributed by atoms with Gasteiger partial charge in [-0.25, -0.2) is 4.39 Å². The third kappa shape index (κ3) is 2.16. The highest BCUT2D eigenvalue weighted by Gasteiger charge is 2.30. The molecule has 0 saturated carbocycles. The molecule has 0 radical (unpaired) electrons. The van der Waals surface area contributed by atoms with Gasteiger partial charge in [0.15, 0.2) is 17.2 Å². The Morgan fingerprint density at radius 2 is 2.17 bits per heavy atom. The number of likely N-dealkylation sites (N-methyl/N-ethyl adjacent to an activating group) is 1. The predicted molar refractivity (Wildman–Crippen MR) is 68.3 cm³/mol. The van der Waals surface area contributed by atoms with Crippen LogP contribution in [0, 0.1) is 5.82 Å². The Bertz CT molecular complexity index is 586. The molecule has 18 heavy (non-hydrogen) atoms. The minimum absolute atomic E-state index is 0.133. The molecule has 1 aromatic heterocycles. The van der Waals surface area contributed by atoms with E-state index in [-0.39, 0.29) is 17.1 Å². The lowest BCUT2D eigenvalue weighted by atomic mass is 9.97. The molecule has 0 spiro atoms. The van der Waals surface area contributed by atoms with Crippen molar-refractivity contribution in [1.82, 2.24) is 5.32 Å². The Hall–Kier alpha value is -1.68. The second kappa shape index (κ2) is 4.53. The Balaban J connectivity index is 2.43. The van der Waals surface area contributed by atoms with Crippen molar-refractivity contribution < 1.29 is 13.6 Å². The summed E-state index contributed by atoms with van der Waals surface area (Å²) in [5.41, 5.74) is -0.591. The molecule has 0 aliphatic rings. The Labute approximate surface area is 105 Å². The van der Waals surface area contributed by atoms with Crippen molar-refractivity contribution in [3.05, 3.63) is 35.8 Å². The van der Waals surface area contributed by atoms with Crippen LogP contribution >= 0.6 is 0 Å². The lowest BCUT2D eigenvalue weighted by Crippen LogP contribution is -2.46. The van der Waals surface area contributed by atoms with E-state index in [2.05, 4.69) is 5.32 Å². The van der Waals surface area contributed by atoms with Gasteiger partial charge in [0.2, 0.25) is 5.78 Å². The van der Waals surface area contributed by atoms with Gasteiger partial charge < -0.3 is 9.73 Å². The monoisotopic (exact) mass is 249 g/mol. The van der Waals surface area contributed by atoms with Gasteiger partial charge >= 0.3 is 0 Å². The molecule has 0 saturated heterocycles. The number of para-hydroxylation sites is 1. The highest BCUT2D eigenvalue weighted by Crippen LogP contribution is 2.24. The summed E-state index contributed by atoms with van der Waals surface area (Å²) < 4.78 is 18.8. The molecule has 2 aromatic rings. The van der Waals surface area contributed by atoms with E-state index >= 15 is 0 Å². The van der Waals surface area contributed by atoms with Crippen molar-refractivity contribution in [3.63, 3.8) is 0 Å². The fourth-order valence-corrected chi connectivity index (χ4v) is 1.97. The highest BCUT2D eigenvalue weighted by molar-refractivity contribution is 6.03. The summed E-state index contributed by atoms with van der Waals surface area (Å²) in [6, 6.07) is 6.21. The van der Waals surface area contributed by atoms with Crippen molar-refractivity contribution >= 4 is 16.8 Å². The largest absolute Gasteiger partial charge is 0.450 e. The van der Waals surface area contributed by atoms with Crippen LogP contribution in [0.3, 0.4) is 0 Å². The Kier molecular flexibility index (Phi) is 3.22. The van der Waals surface area contributed by atoms with Crippen LogP contribution in [0.15, 0.2) is 28.7 Å². The molecule has 1 N–H and O–H groups in total. The third-order valence-corrected chi connectivity index (χ3v) is 2.91. The normalized spacial score (nSPS) is 12.0. The van der Waals surface area contributed by atoms with Crippen molar-refractivity contribution in [3.8, 4) is 0 Å². The minimum Gasteiger partial charge on any atom is -0.450 e. The molecule has 0 bridgehead atoms. The predicted octanol–water partition coefficient (Wildman–Crippen LogP) is 3.14. The van der Waals surface area contributed by atoms with Gasteiger partial charge in [0.25, 0.3) is 0 Å². The number of rotatable bonds is 4. The van der Waals surface area contributed by atoms with Gasteiger partial charge in [-0.1, -0.05) is 19.1 Å². The van der Waals surface area contributed by atoms with Gasteiger partial charge in [-0.3, -0.25) is 4.79 Å². The number of furan rings is 1. The number of halogens is 1. The first-order chi connectivity index (χ1) is 8.45. The fourth-order valence-electron chi connectivity index (χ4n) is 1.97. The molecular weight excluding hydrogens is 233 g/mol. The second-order valence-corrected chi connectivity index (χ2v) is 4.75. The van der Waals surface area contributed by atoms with Gasteiger partial charge in [0.1, 0.15) is 0 Å². The number of fused-ring (bicyclic) bond motifs is 1. The van der Waals surface area contributed by atoms with Crippen LogP contribution in [0.1, 0.15) is 31.3 Å². The van der Waals surface area contributed by atoms with E-state index in [1.807, 2.05) is 6.92 Å². The minimum atomic E-state index is -0.723. The van der Waals surface area contributed by atoms with Crippen molar-refractivity contribution in [2.24, 2.45) is 0 Å². The molecule has 96 valence electrons. The summed E-state index contributed by atoms with van der Waals surface area (Å²) >= 11 is 0. The number of hydrogen-bond acceptors (Lipinski definition) is 3. The molecule has 0 aliphatic heterocycles. The number of benzene rings is 1. The number of Topliss-reactive ketones (excluding diaryl/α,β-unsaturated/α-hetero) is 1. The molecular formula is C14H16FNO2. The van der Waals surface area contributed by atoms with Gasteiger partial charge in [-0.2, -0.15) is 0 Å². The Morgan fingerprint density at radius 1 is 1.44 bits per heavy atom. The maximum Gasteiger partial charge on any atom is 0.217 e. The average molecular weight is 249 g/mol. The number of carbonyl (C=O) groups excluding carboxylic acids is 1. The van der Waals surface area contributed by atoms with Crippen LogP contribution in [0.5, 0.6) is 0 Å². The lowest BCUT2D eigenvalue weighted by Gasteiger charge is -2.22. The molecule has 3 nitrogen and oxygen atoms in total. The van der Waals surface area contributed by atoms with E-state index in [4.69, 9.17) is 4.42 Å². The topological polar surface area (TPSA) is 42.2 Å². The number of carbonyl (C=O) groups is 1. The Morgan fingerprint density at radius 3 is 2.78 bits per heavy atom. The maximum atomic E-state index is 13.5. The number of hydrogen-bond donors (Lipinski definition) is 1. The molecule has 2 rings (SSSR count). The lowest BCUT2D eigenvalue weighted by molar-refractivity contribution is 0.0857. The van der Waals surface area contributed by atoms with Crippen LogP contribution in [-0.4, -0.2) is 17.9 Å². The van der Waals surface area contributed by atoms with E-state index in [0.29, 0.717) is 11.9 Å². The van der Waals surface area contributed by atoms with Crippen LogP contribution in [-0.2, 0) is 0 Å². The first-order valence-corrected chi connectivity index (χ1v) is 5.93. The summed E-state index contributed by atoms with van der Waals surface area (Å²) in [6.45, 7) is 6.16. The van der Waals surface area contributed by atoms with E-state index in [1.54, 1.807) is 32.0 Å². The summed E-state index contributed by atoms with van der Waals surface area (Å²) in [5, 5.41) is 3.68. The molecule has 0 atom stereocenters. The van der Waals surface area contributed by atoms with Gasteiger partial charge in [0.05, 0.1) is 5.54 Å². The van der Waals surface area contributed by atoms with E-state index in [1.165, 1.54) is 6.07 Å². The third-order valence-electron chi connectivity index (χ3n) is 2.91. The maximum absolute atomic E-state index is 13.5. The van der Waals surface area contributed by atoms with Crippen LogP contribution in [0.25, 0.3) is 11.0 Å². The summed E-state index contributed by atoms with van der Waals surface area (Å²) in [7, 11) is 0. The van der Waals surface area contributed by atoms with Crippen LogP contribution < -0.4 is 5.32 Å². The summed E-state index contributed by atoms with van der Waals surface area (Å²) in [5.74, 6) is -0.450. The van der Waals surface area contributed by atoms with Crippen molar-refractivity contribution in [2.45, 2.75) is 26.3 Å². The van der Waals surface area contributed by atoms with Gasteiger partial charge in [-0.05, 0) is 32.5 Å². The number of ketones is 1. The SMILES string of the molecule is CCNC(C)(C)C(=O)c1cc2cccc(F)c2o1.